The van der Waals surface area contributed by atoms with E-state index in [4.69, 9.17) is 0 Å². The Morgan fingerprint density at radius 1 is 1.13 bits per heavy atom. The Kier molecular flexibility index (Phi) is 7.25. The molecule has 0 radical (unpaired) electrons. The fourth-order valence-electron chi connectivity index (χ4n) is 4.61. The Hall–Kier alpha value is -1.44. The number of hydrogen-bond acceptors (Lipinski definition) is 4. The molecule has 2 unspecified atom stereocenters. The van der Waals surface area contributed by atoms with Gasteiger partial charge >= 0.3 is 0 Å². The van der Waals surface area contributed by atoms with E-state index in [0.29, 0.717) is 24.6 Å². The van der Waals surface area contributed by atoms with E-state index in [9.17, 15) is 13.2 Å². The van der Waals surface area contributed by atoms with Gasteiger partial charge < -0.3 is 5.32 Å². The molecule has 2 aliphatic heterocycles. The molecule has 7 heteroatoms. The molecule has 0 bridgehead atoms. The van der Waals surface area contributed by atoms with E-state index in [1.807, 2.05) is 6.92 Å². The predicted molar refractivity (Wildman–Crippen MR) is 120 cm³/mol. The number of benzene rings is 1. The first kappa shape index (κ1) is 23.2. The lowest BCUT2D eigenvalue weighted by atomic mass is 9.93. The molecular formula is C23H37N3O3S. The van der Waals surface area contributed by atoms with Gasteiger partial charge in [0, 0.05) is 36.8 Å². The SMILES string of the molecule is CC1CCCN(C(C)(C)CNC(=O)c2cccc(S(=O)(=O)N3CCCCC3C)c2)C1. The highest BCUT2D eigenvalue weighted by molar-refractivity contribution is 7.89. The quantitative estimate of drug-likeness (QED) is 0.743. The van der Waals surface area contributed by atoms with Crippen molar-refractivity contribution in [1.29, 1.82) is 0 Å². The average molecular weight is 436 g/mol. The lowest BCUT2D eigenvalue weighted by Crippen LogP contribution is -2.54. The summed E-state index contributed by atoms with van der Waals surface area (Å²) in [6, 6.07) is 6.45. The Balaban J connectivity index is 1.68. The lowest BCUT2D eigenvalue weighted by molar-refractivity contribution is 0.0657. The van der Waals surface area contributed by atoms with Gasteiger partial charge in [-0.25, -0.2) is 8.42 Å². The number of piperidine rings is 2. The second-order valence-electron chi connectivity index (χ2n) is 9.68. The number of sulfonamides is 1. The molecule has 1 aromatic carbocycles. The fourth-order valence-corrected chi connectivity index (χ4v) is 6.36. The zero-order chi connectivity index (χ0) is 21.9. The first-order valence-electron chi connectivity index (χ1n) is 11.3. The van der Waals surface area contributed by atoms with Crippen molar-refractivity contribution in [3.63, 3.8) is 0 Å². The third-order valence-electron chi connectivity index (χ3n) is 6.64. The van der Waals surface area contributed by atoms with Crippen molar-refractivity contribution in [2.24, 2.45) is 5.92 Å². The predicted octanol–water partition coefficient (Wildman–Crippen LogP) is 3.49. The normalized spacial score (nSPS) is 24.5. The Morgan fingerprint density at radius 3 is 2.60 bits per heavy atom. The maximum absolute atomic E-state index is 13.1. The van der Waals surface area contributed by atoms with E-state index in [-0.39, 0.29) is 22.4 Å². The molecule has 2 atom stereocenters. The molecule has 2 fully saturated rings. The summed E-state index contributed by atoms with van der Waals surface area (Å²) in [5, 5.41) is 3.03. The van der Waals surface area contributed by atoms with Crippen molar-refractivity contribution in [3.8, 4) is 0 Å². The van der Waals surface area contributed by atoms with E-state index in [0.717, 1.165) is 32.4 Å². The third-order valence-corrected chi connectivity index (χ3v) is 8.65. The van der Waals surface area contributed by atoms with Gasteiger partial charge in [0.15, 0.2) is 0 Å². The fraction of sp³-hybridized carbons (Fsp3) is 0.696. The molecule has 2 aliphatic rings. The maximum Gasteiger partial charge on any atom is 0.251 e. The minimum absolute atomic E-state index is 0.00559. The highest BCUT2D eigenvalue weighted by Gasteiger charge is 2.32. The van der Waals surface area contributed by atoms with Crippen molar-refractivity contribution < 1.29 is 13.2 Å². The van der Waals surface area contributed by atoms with Crippen LogP contribution in [0.4, 0.5) is 0 Å². The summed E-state index contributed by atoms with van der Waals surface area (Å²) in [7, 11) is -3.59. The van der Waals surface area contributed by atoms with Crippen LogP contribution in [0, 0.1) is 5.92 Å². The number of likely N-dealkylation sites (tertiary alicyclic amines) is 1. The number of nitrogens with one attached hydrogen (secondary N) is 1. The van der Waals surface area contributed by atoms with Gasteiger partial charge in [0.25, 0.3) is 5.91 Å². The minimum Gasteiger partial charge on any atom is -0.350 e. The monoisotopic (exact) mass is 435 g/mol. The summed E-state index contributed by atoms with van der Waals surface area (Å²) < 4.78 is 27.8. The van der Waals surface area contributed by atoms with Crippen molar-refractivity contribution in [1.82, 2.24) is 14.5 Å². The Bertz CT molecular complexity index is 853. The molecule has 0 aliphatic carbocycles. The molecule has 3 rings (SSSR count). The summed E-state index contributed by atoms with van der Waals surface area (Å²) in [5.74, 6) is 0.449. The van der Waals surface area contributed by atoms with Crippen LogP contribution >= 0.6 is 0 Å². The smallest absolute Gasteiger partial charge is 0.251 e. The molecule has 2 heterocycles. The van der Waals surface area contributed by atoms with E-state index in [2.05, 4.69) is 31.0 Å². The van der Waals surface area contributed by atoms with Gasteiger partial charge in [0.1, 0.15) is 0 Å². The van der Waals surface area contributed by atoms with Gasteiger partial charge in [-0.1, -0.05) is 19.4 Å². The molecule has 30 heavy (non-hydrogen) atoms. The van der Waals surface area contributed by atoms with Gasteiger partial charge in [-0.3, -0.25) is 9.69 Å². The summed E-state index contributed by atoms with van der Waals surface area (Å²) in [4.78, 5) is 15.5. The summed E-state index contributed by atoms with van der Waals surface area (Å²) >= 11 is 0. The number of rotatable bonds is 6. The number of amides is 1. The van der Waals surface area contributed by atoms with Crippen LogP contribution in [0.15, 0.2) is 29.2 Å². The summed E-state index contributed by atoms with van der Waals surface area (Å²) in [6.45, 7) is 11.7. The van der Waals surface area contributed by atoms with Crippen molar-refractivity contribution in [2.45, 2.75) is 76.3 Å². The Morgan fingerprint density at radius 2 is 1.90 bits per heavy atom. The van der Waals surface area contributed by atoms with Crippen LogP contribution in [0.25, 0.3) is 0 Å². The molecule has 0 saturated carbocycles. The van der Waals surface area contributed by atoms with Crippen LogP contribution in [-0.2, 0) is 10.0 Å². The summed E-state index contributed by atoms with van der Waals surface area (Å²) in [6.07, 6.45) is 5.27. The molecular weight excluding hydrogens is 398 g/mol. The topological polar surface area (TPSA) is 69.7 Å². The van der Waals surface area contributed by atoms with Gasteiger partial charge in [-0.05, 0) is 77.1 Å². The standard InChI is InChI=1S/C23H37N3O3S/c1-18-9-8-13-25(16-18)23(3,4)17-24-22(27)20-11-7-12-21(15-20)30(28,29)26-14-6-5-10-19(26)2/h7,11-12,15,18-19H,5-6,8-10,13-14,16-17H2,1-4H3,(H,24,27). The second-order valence-corrected chi connectivity index (χ2v) is 11.6. The highest BCUT2D eigenvalue weighted by Crippen LogP contribution is 2.26. The van der Waals surface area contributed by atoms with E-state index < -0.39 is 10.0 Å². The van der Waals surface area contributed by atoms with Gasteiger partial charge in [-0.2, -0.15) is 4.31 Å². The van der Waals surface area contributed by atoms with Crippen LogP contribution in [-0.4, -0.2) is 61.3 Å². The Labute approximate surface area is 182 Å². The number of carbonyl (C=O) groups is 1. The summed E-state index contributed by atoms with van der Waals surface area (Å²) in [5.41, 5.74) is 0.251. The zero-order valence-corrected chi connectivity index (χ0v) is 19.7. The molecule has 6 nitrogen and oxygen atoms in total. The van der Waals surface area contributed by atoms with E-state index in [1.165, 1.54) is 18.9 Å². The molecule has 1 aromatic rings. The lowest BCUT2D eigenvalue weighted by Gasteiger charge is -2.43. The first-order valence-corrected chi connectivity index (χ1v) is 12.7. The first-order chi connectivity index (χ1) is 14.1. The van der Waals surface area contributed by atoms with Crippen molar-refractivity contribution >= 4 is 15.9 Å². The second kappa shape index (κ2) is 9.37. The number of hydrogen-bond donors (Lipinski definition) is 1. The molecule has 1 amide bonds. The molecule has 1 N–H and O–H groups in total. The van der Waals surface area contributed by atoms with Gasteiger partial charge in [0.2, 0.25) is 10.0 Å². The number of carbonyl (C=O) groups excluding carboxylic acids is 1. The maximum atomic E-state index is 13.1. The van der Waals surface area contributed by atoms with Crippen molar-refractivity contribution in [3.05, 3.63) is 29.8 Å². The van der Waals surface area contributed by atoms with E-state index >= 15 is 0 Å². The van der Waals surface area contributed by atoms with Gasteiger partial charge in [-0.15, -0.1) is 0 Å². The van der Waals surface area contributed by atoms with Crippen molar-refractivity contribution in [2.75, 3.05) is 26.2 Å². The molecule has 2 saturated heterocycles. The van der Waals surface area contributed by atoms with Gasteiger partial charge in [0.05, 0.1) is 4.90 Å². The third kappa shape index (κ3) is 5.24. The van der Waals surface area contributed by atoms with E-state index in [1.54, 1.807) is 22.5 Å². The average Bonchev–Trinajstić information content (AvgIpc) is 2.72. The molecule has 0 spiro atoms. The minimum atomic E-state index is -3.59. The molecule has 0 aromatic heterocycles. The number of nitrogens with zero attached hydrogens (tertiary/aromatic N) is 2. The van der Waals surface area contributed by atoms with Crippen LogP contribution in [0.3, 0.4) is 0 Å². The van der Waals surface area contributed by atoms with Crippen LogP contribution < -0.4 is 5.32 Å². The largest absolute Gasteiger partial charge is 0.350 e. The highest BCUT2D eigenvalue weighted by atomic mass is 32.2. The zero-order valence-electron chi connectivity index (χ0n) is 18.9. The van der Waals surface area contributed by atoms with Crippen LogP contribution in [0.1, 0.15) is 70.2 Å². The molecule has 168 valence electrons. The van der Waals surface area contributed by atoms with Crippen LogP contribution in [0.2, 0.25) is 0 Å². The van der Waals surface area contributed by atoms with Crippen LogP contribution in [0.5, 0.6) is 0 Å².